The van der Waals surface area contributed by atoms with E-state index in [9.17, 15) is 43.0 Å². The van der Waals surface area contributed by atoms with E-state index in [1.165, 1.54) is 42.5 Å². The molecule has 4 aromatic carbocycles. The average Bonchev–Trinajstić information content (AvgIpc) is 2.95. The number of hydrogen-bond donors (Lipinski definition) is 2. The van der Waals surface area contributed by atoms with Gasteiger partial charge in [0, 0.05) is 21.7 Å². The van der Waals surface area contributed by atoms with Crippen LogP contribution in [-0.2, 0) is 20.7 Å². The van der Waals surface area contributed by atoms with Gasteiger partial charge in [0.15, 0.2) is 0 Å². The molecule has 22 heteroatoms. The second kappa shape index (κ2) is 22.1. The third-order valence-corrected chi connectivity index (χ3v) is 6.16. The maximum Gasteiger partial charge on any atom is 1.00 e. The summed E-state index contributed by atoms with van der Waals surface area (Å²) >= 11 is 0. The Morgan fingerprint density at radius 2 is 1.02 bits per heavy atom. The molecule has 0 radical (unpaired) electrons. The van der Waals surface area contributed by atoms with E-state index in [1.54, 1.807) is 0 Å². The summed E-state index contributed by atoms with van der Waals surface area (Å²) in [5.41, 5.74) is -0.374. The van der Waals surface area contributed by atoms with Gasteiger partial charge in [-0.15, -0.1) is 42.5 Å². The Labute approximate surface area is 362 Å². The predicted octanol–water partition coefficient (Wildman–Crippen LogP) is -9.96. The van der Waals surface area contributed by atoms with E-state index < -0.39 is 60.2 Å². The Morgan fingerprint density at radius 1 is 0.646 bits per heavy atom. The van der Waals surface area contributed by atoms with Crippen molar-refractivity contribution >= 4 is 55.4 Å². The number of carbonyl (C=O) groups excluding carboxylic acids is 2. The topological polar surface area (TPSA) is 279 Å². The van der Waals surface area contributed by atoms with Crippen LogP contribution >= 0.6 is 0 Å². The number of carboxylic acids is 2. The Kier molecular flexibility index (Phi) is 22.2. The molecule has 0 aliphatic rings. The molecule has 0 unspecified atom stereocenters. The van der Waals surface area contributed by atoms with Crippen LogP contribution < -0.4 is 128 Å². The number of rotatable bonds is 8. The number of nitrogens with zero attached hydrogens (tertiary/aromatic N) is 4. The number of carbonyl (C=O) groups is 2. The first-order valence-electron chi connectivity index (χ1n) is 11.5. The molecule has 0 aromatic heterocycles. The van der Waals surface area contributed by atoms with Gasteiger partial charge in [-0.2, -0.15) is 15.3 Å². The second-order valence-electron chi connectivity index (χ2n) is 8.18. The van der Waals surface area contributed by atoms with Crippen LogP contribution in [0.2, 0.25) is 0 Å². The summed E-state index contributed by atoms with van der Waals surface area (Å²) in [4.78, 5) is 21.5. The van der Waals surface area contributed by atoms with Gasteiger partial charge < -0.3 is 34.6 Å². The summed E-state index contributed by atoms with van der Waals surface area (Å²) < 4.78 is 61.3. The van der Waals surface area contributed by atoms with Gasteiger partial charge in [0.05, 0.1) is 29.0 Å². The molecule has 0 spiro atoms. The fourth-order valence-corrected chi connectivity index (χ4v) is 4.09. The predicted molar refractivity (Wildman–Crippen MR) is 142 cm³/mol. The summed E-state index contributed by atoms with van der Waals surface area (Å²) in [5, 5.41) is 56.6. The molecule has 0 heterocycles. The van der Waals surface area contributed by atoms with E-state index in [1.807, 2.05) is 0 Å². The van der Waals surface area contributed by atoms with E-state index in [0.29, 0.717) is 0 Å². The summed E-state index contributed by atoms with van der Waals surface area (Å²) in [6.07, 6.45) is 0. The van der Waals surface area contributed by atoms with Crippen molar-refractivity contribution in [3.05, 3.63) is 90.0 Å². The van der Waals surface area contributed by atoms with Crippen LogP contribution in [0, 0.1) is 6.07 Å². The summed E-state index contributed by atoms with van der Waals surface area (Å²) in [7, 11) is -8.10. The third-order valence-electron chi connectivity index (χ3n) is 5.28. The molecule has 0 aliphatic heterocycles. The van der Waals surface area contributed by atoms with Crippen LogP contribution in [0.1, 0.15) is 20.7 Å². The molecular formula is C26H14N4Na4O12S2. The van der Waals surface area contributed by atoms with Crippen molar-refractivity contribution in [3.8, 4) is 22.6 Å². The number of benzene rings is 4. The van der Waals surface area contributed by atoms with Crippen molar-refractivity contribution in [2.45, 2.75) is 4.90 Å². The fraction of sp³-hybridized carbons (Fsp3) is 0. The molecular weight excluding hydrogens is 716 g/mol. The van der Waals surface area contributed by atoms with Crippen LogP contribution in [0.5, 0.6) is 11.5 Å². The largest absolute Gasteiger partial charge is 1.00 e. The number of aromatic carboxylic acids is 2. The van der Waals surface area contributed by atoms with Gasteiger partial charge in [-0.1, -0.05) is 11.6 Å². The third kappa shape index (κ3) is 14.6. The molecule has 4 aromatic rings. The zero-order valence-electron chi connectivity index (χ0n) is 25.5. The molecule has 0 saturated carbocycles. The number of phenols is 2. The quantitative estimate of drug-likeness (QED) is 0.0740. The minimum atomic E-state index is -4.99. The van der Waals surface area contributed by atoms with E-state index >= 15 is 0 Å². The van der Waals surface area contributed by atoms with Crippen molar-refractivity contribution in [1.82, 2.24) is 0 Å². The van der Waals surface area contributed by atoms with Crippen molar-refractivity contribution in [1.29, 1.82) is 0 Å². The van der Waals surface area contributed by atoms with E-state index in [-0.39, 0.29) is 152 Å². The van der Waals surface area contributed by atoms with Crippen molar-refractivity contribution in [2.75, 3.05) is 0 Å². The average molecular weight is 731 g/mol. The number of azo groups is 2. The first kappa shape index (κ1) is 48.3. The maximum atomic E-state index is 12.0. The number of hydrogen-bond acceptors (Lipinski definition) is 16. The molecule has 0 aliphatic carbocycles. The molecule has 0 fully saturated rings. The molecule has 0 atom stereocenters. The van der Waals surface area contributed by atoms with Crippen LogP contribution in [0.15, 0.2) is 98.1 Å². The van der Waals surface area contributed by atoms with E-state index in [4.69, 9.17) is 12.6 Å². The van der Waals surface area contributed by atoms with Crippen molar-refractivity contribution in [2.24, 2.45) is 20.5 Å². The Hall–Kier alpha value is -1.85. The van der Waals surface area contributed by atoms with Crippen LogP contribution in [0.25, 0.3) is 11.1 Å². The molecule has 48 heavy (non-hydrogen) atoms. The van der Waals surface area contributed by atoms with E-state index in [2.05, 4.69) is 26.5 Å². The van der Waals surface area contributed by atoms with Crippen LogP contribution in [0.4, 0.5) is 22.7 Å². The minimum absolute atomic E-state index is 0. The molecule has 0 saturated heterocycles. The molecule has 16 nitrogen and oxygen atoms in total. The molecule has 2 N–H and O–H groups in total. The number of carboxylic acid groups (broad SMARTS) is 2. The standard InChI is InChI=1S/C26H17N4O9S.4Na.O3S/c31-22-9-6-16(11-20(22)25(33)34)28-27-15-3-1-14(2-4-15)19-8-5-18(13-24(19)40(37,38)39)30-29-17-7-10-23(32)21(12-17)26(35)36;;;;;1-4(2)3/h1,3-13,31-32H,(H,33,34)(H,35,36)(H,37,38,39);;;;;/q-1;4*+1;/p-3. The van der Waals surface area contributed by atoms with Gasteiger partial charge in [-0.25, -0.2) is 13.5 Å². The fourth-order valence-electron chi connectivity index (χ4n) is 3.38. The Balaban J connectivity index is 0. The minimum Gasteiger partial charge on any atom is -0.745 e. The van der Waals surface area contributed by atoms with Crippen molar-refractivity contribution < 1.29 is 174 Å². The van der Waals surface area contributed by atoms with Gasteiger partial charge in [-0.3, -0.25) is 0 Å². The Bertz CT molecular complexity index is 2040. The summed E-state index contributed by atoms with van der Waals surface area (Å²) in [6.45, 7) is 0. The van der Waals surface area contributed by atoms with Gasteiger partial charge >= 0.3 is 129 Å². The SMILES string of the molecule is O=C([O-])c1cc(N=Nc2c[c-]c(-c3ccc(N=Nc4ccc(O)c(C(=O)[O-])c4)cc3S(=O)(=O)[O-])cc2)ccc1O.O=S(=O)=O.[Na+].[Na+].[Na+].[Na+]. The molecule has 0 bridgehead atoms. The van der Waals surface area contributed by atoms with Gasteiger partial charge in [0.2, 0.25) is 0 Å². The van der Waals surface area contributed by atoms with Gasteiger partial charge in [0.1, 0.15) is 21.6 Å². The van der Waals surface area contributed by atoms with Gasteiger partial charge in [-0.05, 0) is 48.5 Å². The first-order valence-corrected chi connectivity index (χ1v) is 13.9. The normalized spacial score (nSPS) is 10.3. The maximum absolute atomic E-state index is 12.0. The Morgan fingerprint density at radius 3 is 1.40 bits per heavy atom. The summed E-state index contributed by atoms with van der Waals surface area (Å²) in [5.74, 6) is -4.24. The summed E-state index contributed by atoms with van der Waals surface area (Å²) in [6, 6.07) is 17.6. The zero-order valence-corrected chi connectivity index (χ0v) is 35.1. The molecule has 226 valence electrons. The van der Waals surface area contributed by atoms with Gasteiger partial charge in [0.25, 0.3) is 0 Å². The zero-order chi connectivity index (χ0) is 32.6. The van der Waals surface area contributed by atoms with E-state index in [0.717, 1.165) is 30.3 Å². The van der Waals surface area contributed by atoms with Crippen LogP contribution in [-0.4, -0.2) is 47.7 Å². The molecule has 4 rings (SSSR count). The number of aromatic hydroxyl groups is 2. The van der Waals surface area contributed by atoms with Crippen molar-refractivity contribution in [3.63, 3.8) is 0 Å². The monoisotopic (exact) mass is 730 g/mol. The first-order chi connectivity index (χ1) is 20.6. The second-order valence-corrected chi connectivity index (χ2v) is 9.93. The molecule has 0 amide bonds. The van der Waals surface area contributed by atoms with Crippen LogP contribution in [0.3, 0.4) is 0 Å². The smallest absolute Gasteiger partial charge is 0.745 e.